The summed E-state index contributed by atoms with van der Waals surface area (Å²) in [4.78, 5) is 11.3. The van der Waals surface area contributed by atoms with E-state index in [1.807, 2.05) is 0 Å². The summed E-state index contributed by atoms with van der Waals surface area (Å²) >= 11 is 0. The molecule has 0 saturated heterocycles. The smallest absolute Gasteiger partial charge is 0.258 e. The summed E-state index contributed by atoms with van der Waals surface area (Å²) < 4.78 is 4.55. The average molecular weight is 167 g/mol. The third kappa shape index (κ3) is 1.25. The van der Waals surface area contributed by atoms with Crippen LogP contribution in [-0.2, 0) is 0 Å². The Morgan fingerprint density at radius 3 is 3.00 bits per heavy atom. The minimum absolute atomic E-state index is 0.0770. The average Bonchev–Trinajstić information content (AvgIpc) is 2.72. The molecule has 0 radical (unpaired) electrons. The molecule has 1 saturated carbocycles. The number of rotatable bonds is 2. The Kier molecular flexibility index (Phi) is 1.49. The molecule has 5 nitrogen and oxygen atoms in total. The van der Waals surface area contributed by atoms with Crippen LogP contribution in [0, 0.1) is 0 Å². The second-order valence-corrected chi connectivity index (χ2v) is 2.85. The number of nitrogens with one attached hydrogen (secondary N) is 1. The molecule has 1 aromatic heterocycles. The van der Waals surface area contributed by atoms with Crippen molar-refractivity contribution in [1.82, 2.24) is 10.5 Å². The van der Waals surface area contributed by atoms with E-state index in [0.717, 1.165) is 12.8 Å². The highest BCUT2D eigenvalue weighted by molar-refractivity contribution is 5.97. The van der Waals surface area contributed by atoms with Gasteiger partial charge in [0.1, 0.15) is 5.56 Å². The lowest BCUT2D eigenvalue weighted by Crippen LogP contribution is -2.25. The van der Waals surface area contributed by atoms with Crippen LogP contribution >= 0.6 is 0 Å². The molecule has 0 aromatic carbocycles. The largest absolute Gasteiger partial charge is 0.367 e. The number of aromatic nitrogens is 1. The topological polar surface area (TPSA) is 81.2 Å². The molecule has 1 aliphatic rings. The number of nitrogen functional groups attached to an aromatic ring is 1. The molecule has 5 heteroatoms. The van der Waals surface area contributed by atoms with Gasteiger partial charge in [0, 0.05) is 6.04 Å². The lowest BCUT2D eigenvalue weighted by Gasteiger charge is -1.98. The van der Waals surface area contributed by atoms with E-state index in [2.05, 4.69) is 15.0 Å². The molecular formula is C7H9N3O2. The van der Waals surface area contributed by atoms with E-state index in [0.29, 0.717) is 11.6 Å². The minimum Gasteiger partial charge on any atom is -0.367 e. The van der Waals surface area contributed by atoms with Gasteiger partial charge in [-0.25, -0.2) is 0 Å². The first-order valence-corrected chi connectivity index (χ1v) is 3.78. The molecule has 1 fully saturated rings. The highest BCUT2D eigenvalue weighted by atomic mass is 16.5. The SMILES string of the molecule is Nc1oncc1C(=O)NC1CC1. The first-order valence-electron chi connectivity index (χ1n) is 3.78. The van der Waals surface area contributed by atoms with Crippen LogP contribution in [0.25, 0.3) is 0 Å². The molecule has 3 N–H and O–H groups in total. The van der Waals surface area contributed by atoms with E-state index in [9.17, 15) is 4.79 Å². The van der Waals surface area contributed by atoms with Gasteiger partial charge in [0.2, 0.25) is 5.88 Å². The predicted octanol–water partition coefficient (Wildman–Crippen LogP) is 0.149. The third-order valence-corrected chi connectivity index (χ3v) is 1.76. The Balaban J connectivity index is 2.07. The fourth-order valence-corrected chi connectivity index (χ4v) is 0.910. The van der Waals surface area contributed by atoms with Gasteiger partial charge in [-0.1, -0.05) is 5.16 Å². The number of carbonyl (C=O) groups is 1. The van der Waals surface area contributed by atoms with Crippen molar-refractivity contribution in [2.75, 3.05) is 5.73 Å². The first kappa shape index (κ1) is 7.15. The number of hydrogen-bond acceptors (Lipinski definition) is 4. The van der Waals surface area contributed by atoms with E-state index in [4.69, 9.17) is 5.73 Å². The quantitative estimate of drug-likeness (QED) is 0.656. The number of nitrogens with zero attached hydrogens (tertiary/aromatic N) is 1. The second-order valence-electron chi connectivity index (χ2n) is 2.85. The zero-order chi connectivity index (χ0) is 8.55. The van der Waals surface area contributed by atoms with Crippen LogP contribution in [0.4, 0.5) is 5.88 Å². The van der Waals surface area contributed by atoms with E-state index in [1.54, 1.807) is 0 Å². The Morgan fingerprint density at radius 2 is 2.50 bits per heavy atom. The van der Waals surface area contributed by atoms with Gasteiger partial charge in [-0.15, -0.1) is 0 Å². The second kappa shape index (κ2) is 2.51. The molecule has 1 aliphatic carbocycles. The van der Waals surface area contributed by atoms with Crippen molar-refractivity contribution in [2.24, 2.45) is 0 Å². The van der Waals surface area contributed by atoms with Gasteiger partial charge in [-0.05, 0) is 12.8 Å². The van der Waals surface area contributed by atoms with Crippen LogP contribution in [0.2, 0.25) is 0 Å². The fraction of sp³-hybridized carbons (Fsp3) is 0.429. The predicted molar refractivity (Wildman–Crippen MR) is 41.4 cm³/mol. The van der Waals surface area contributed by atoms with Crippen molar-refractivity contribution in [3.63, 3.8) is 0 Å². The van der Waals surface area contributed by atoms with Crippen LogP contribution in [0.1, 0.15) is 23.2 Å². The Morgan fingerprint density at radius 1 is 1.75 bits per heavy atom. The molecule has 1 heterocycles. The standard InChI is InChI=1S/C7H9N3O2/c8-6-5(3-9-12-6)7(11)10-4-1-2-4/h3-4H,1-2,8H2,(H,10,11). The molecular weight excluding hydrogens is 158 g/mol. The van der Waals surface area contributed by atoms with E-state index in [-0.39, 0.29) is 11.8 Å². The fourth-order valence-electron chi connectivity index (χ4n) is 0.910. The number of nitrogens with two attached hydrogens (primary N) is 1. The summed E-state index contributed by atoms with van der Waals surface area (Å²) in [6.07, 6.45) is 3.43. The van der Waals surface area contributed by atoms with Crippen LogP contribution in [0.5, 0.6) is 0 Å². The number of amides is 1. The molecule has 12 heavy (non-hydrogen) atoms. The Labute approximate surface area is 68.9 Å². The summed E-state index contributed by atoms with van der Waals surface area (Å²) in [5.41, 5.74) is 5.67. The summed E-state index contributed by atoms with van der Waals surface area (Å²) in [6, 6.07) is 0.326. The van der Waals surface area contributed by atoms with Crippen LogP contribution < -0.4 is 11.1 Å². The van der Waals surface area contributed by atoms with Crippen LogP contribution in [-0.4, -0.2) is 17.1 Å². The lowest BCUT2D eigenvalue weighted by molar-refractivity contribution is 0.0951. The summed E-state index contributed by atoms with van der Waals surface area (Å²) in [5.74, 6) is -0.121. The number of carbonyl (C=O) groups excluding carboxylic acids is 1. The van der Waals surface area contributed by atoms with Crippen molar-refractivity contribution < 1.29 is 9.32 Å². The Hall–Kier alpha value is -1.52. The zero-order valence-corrected chi connectivity index (χ0v) is 6.41. The maximum Gasteiger partial charge on any atom is 0.258 e. The van der Waals surface area contributed by atoms with Crippen LogP contribution in [0.15, 0.2) is 10.7 Å². The van der Waals surface area contributed by atoms with Gasteiger partial charge in [0.05, 0.1) is 6.20 Å². The van der Waals surface area contributed by atoms with Gasteiger partial charge in [0.25, 0.3) is 5.91 Å². The molecule has 0 spiro atoms. The lowest BCUT2D eigenvalue weighted by atomic mass is 10.3. The van der Waals surface area contributed by atoms with E-state index >= 15 is 0 Å². The third-order valence-electron chi connectivity index (χ3n) is 1.76. The molecule has 0 unspecified atom stereocenters. The van der Waals surface area contributed by atoms with E-state index < -0.39 is 0 Å². The monoisotopic (exact) mass is 167 g/mol. The highest BCUT2D eigenvalue weighted by Crippen LogP contribution is 2.20. The van der Waals surface area contributed by atoms with Crippen molar-refractivity contribution in [2.45, 2.75) is 18.9 Å². The normalized spacial score (nSPS) is 16.0. The number of anilines is 1. The molecule has 0 atom stereocenters. The maximum absolute atomic E-state index is 11.3. The molecule has 0 bridgehead atoms. The Bertz CT molecular complexity index is 303. The highest BCUT2D eigenvalue weighted by Gasteiger charge is 2.25. The van der Waals surface area contributed by atoms with Gasteiger partial charge in [0.15, 0.2) is 0 Å². The minimum atomic E-state index is -0.198. The first-order chi connectivity index (χ1) is 5.77. The molecule has 64 valence electrons. The molecule has 2 rings (SSSR count). The summed E-state index contributed by atoms with van der Waals surface area (Å²) in [7, 11) is 0. The molecule has 1 aromatic rings. The van der Waals surface area contributed by atoms with Gasteiger partial charge in [-0.3, -0.25) is 4.79 Å². The molecule has 1 amide bonds. The van der Waals surface area contributed by atoms with Crippen molar-refractivity contribution >= 4 is 11.8 Å². The van der Waals surface area contributed by atoms with E-state index in [1.165, 1.54) is 6.20 Å². The van der Waals surface area contributed by atoms with Crippen LogP contribution in [0.3, 0.4) is 0 Å². The zero-order valence-electron chi connectivity index (χ0n) is 6.41. The van der Waals surface area contributed by atoms with Crippen molar-refractivity contribution in [3.8, 4) is 0 Å². The summed E-state index contributed by atoms with van der Waals surface area (Å²) in [5, 5.41) is 6.19. The van der Waals surface area contributed by atoms with Gasteiger partial charge in [-0.2, -0.15) is 0 Å². The van der Waals surface area contributed by atoms with Crippen molar-refractivity contribution in [1.29, 1.82) is 0 Å². The van der Waals surface area contributed by atoms with Gasteiger partial charge < -0.3 is 15.6 Å². The number of hydrogen-bond donors (Lipinski definition) is 2. The van der Waals surface area contributed by atoms with Crippen molar-refractivity contribution in [3.05, 3.63) is 11.8 Å². The maximum atomic E-state index is 11.3. The molecule has 0 aliphatic heterocycles. The van der Waals surface area contributed by atoms with Gasteiger partial charge >= 0.3 is 0 Å². The summed E-state index contributed by atoms with van der Waals surface area (Å²) in [6.45, 7) is 0.